The molecule has 0 spiro atoms. The Hall–Kier alpha value is -1.53. The second-order valence-corrected chi connectivity index (χ2v) is 15.4. The first-order valence-electron chi connectivity index (χ1n) is 7.60. The number of hydrogen-bond acceptors (Lipinski definition) is 1. The van der Waals surface area contributed by atoms with Crippen molar-refractivity contribution < 1.29 is 23.4 Å². The molecule has 3 rings (SSSR count). The molecule has 0 aliphatic carbocycles. The third-order valence-corrected chi connectivity index (χ3v) is 6.62. The number of phenols is 1. The Bertz CT molecular complexity index is 948. The Balaban J connectivity index is 0.000000425. The van der Waals surface area contributed by atoms with E-state index < -0.39 is 29.5 Å². The second-order valence-electron chi connectivity index (χ2n) is 6.29. The van der Waals surface area contributed by atoms with Crippen LogP contribution in [0.2, 0.25) is 0 Å². The first kappa shape index (κ1) is 21.8. The zero-order valence-corrected chi connectivity index (χ0v) is 17.8. The molecule has 0 bridgehead atoms. The fraction of sp³-hybridized carbons (Fsp3) is 0.111. The molecule has 0 atom stereocenters. The van der Waals surface area contributed by atoms with Crippen molar-refractivity contribution in [2.24, 2.45) is 0 Å². The van der Waals surface area contributed by atoms with Crippen LogP contribution in [0.5, 0.6) is 5.75 Å². The van der Waals surface area contributed by atoms with Crippen molar-refractivity contribution in [3.63, 3.8) is 0 Å². The summed E-state index contributed by atoms with van der Waals surface area (Å²) in [5, 5.41) is 12.0. The maximum Gasteiger partial charge on any atom is 1.00 e. The first-order chi connectivity index (χ1) is 12.0. The molecule has 1 nitrogen and oxygen atoms in total. The summed E-state index contributed by atoms with van der Waals surface area (Å²) in [6, 6.07) is 22.8. The third kappa shape index (κ3) is 7.54. The molecule has 3 aromatic rings. The van der Waals surface area contributed by atoms with Gasteiger partial charge < -0.3 is 5.11 Å². The minimum atomic E-state index is -11.2. The zero-order chi connectivity index (χ0) is 20.6. The Kier molecular flexibility index (Phi) is 5.25. The van der Waals surface area contributed by atoms with Gasteiger partial charge in [0.05, 0.1) is 0 Å². The van der Waals surface area contributed by atoms with Crippen LogP contribution in [0.1, 0.15) is 1.43 Å². The number of aromatic hydroxyl groups is 1. The van der Waals surface area contributed by atoms with Crippen LogP contribution >= 0.6 is 10.0 Å². The van der Waals surface area contributed by atoms with Crippen LogP contribution in [0.3, 0.4) is 0 Å². The average Bonchev–Trinajstić information content (AvgIpc) is 2.52. The Morgan fingerprint density at radius 1 is 0.704 bits per heavy atom. The molecule has 0 saturated carbocycles. The largest absolute Gasteiger partial charge is 1.00 e. The molecule has 27 heavy (non-hydrogen) atoms. The van der Waals surface area contributed by atoms with Crippen LogP contribution in [0.25, 0.3) is 10.8 Å². The van der Waals surface area contributed by atoms with Crippen molar-refractivity contribution >= 4 is 40.3 Å². The van der Waals surface area contributed by atoms with Gasteiger partial charge in [0, 0.05) is 0 Å². The third-order valence-electron chi connectivity index (χ3n) is 3.74. The molecule has 150 valence electrons. The average molecular weight is 519 g/mol. The van der Waals surface area contributed by atoms with Crippen molar-refractivity contribution in [1.29, 1.82) is 0 Å². The zero-order valence-electron chi connectivity index (χ0n) is 15.4. The molecule has 0 aromatic heterocycles. The van der Waals surface area contributed by atoms with Crippen LogP contribution < -0.4 is 0 Å². The Morgan fingerprint density at radius 3 is 1.67 bits per heavy atom. The molecule has 1 N–H and O–H groups in total. The number of phenolic OH excluding ortho intramolecular Hbond substituents is 1. The molecule has 3 aromatic carbocycles. The van der Waals surface area contributed by atoms with E-state index >= 15 is 0 Å². The molecule has 0 fully saturated rings. The summed E-state index contributed by atoms with van der Waals surface area (Å²) < 4.78 is 59.6. The standard InChI is InChI=1S/C18H18OS.6FH.Sb/c1-20(2,17-11-8-16(19)9-12-17)18-10-7-14-5-3-4-6-15(14)13-18;;;;;;;/h3-13,19H,1-2H3;6*1H;/q;;;;;;;+5/p-5. The predicted octanol–water partition coefficient (Wildman–Crippen LogP) is 7.28. The summed E-state index contributed by atoms with van der Waals surface area (Å²) in [5.74, 6) is 0.322. The van der Waals surface area contributed by atoms with Crippen LogP contribution in [-0.2, 0) is 0 Å². The number of fused-ring (bicyclic) bond motifs is 1. The van der Waals surface area contributed by atoms with Gasteiger partial charge in [-0.05, 0) is 69.5 Å². The Labute approximate surface area is 158 Å². The smallest absolute Gasteiger partial charge is 1.00 e. The SMILES string of the molecule is CS(C)(c1ccc(O)cc1)c1ccc2ccccc2c1.[F][Sb-]([F])([F])([F])([F])[F].[H+]. The van der Waals surface area contributed by atoms with Gasteiger partial charge in [0.25, 0.3) is 0 Å². The second kappa shape index (κ2) is 6.52. The summed E-state index contributed by atoms with van der Waals surface area (Å²) in [6.45, 7) is 0. The van der Waals surface area contributed by atoms with E-state index in [0.29, 0.717) is 5.75 Å². The predicted molar refractivity (Wildman–Crippen MR) is 102 cm³/mol. The summed E-state index contributed by atoms with van der Waals surface area (Å²) in [5.41, 5.74) is 0. The van der Waals surface area contributed by atoms with Crippen LogP contribution in [0.4, 0.5) is 16.9 Å². The molecule has 0 unspecified atom stereocenters. The van der Waals surface area contributed by atoms with Crippen molar-refractivity contribution in [3.05, 3.63) is 66.7 Å². The number of rotatable bonds is 2. The van der Waals surface area contributed by atoms with Crippen molar-refractivity contribution in [3.8, 4) is 5.75 Å². The fourth-order valence-electron chi connectivity index (χ4n) is 2.41. The Morgan fingerprint density at radius 2 is 1.15 bits per heavy atom. The van der Waals surface area contributed by atoms with Crippen molar-refractivity contribution in [1.82, 2.24) is 0 Å². The van der Waals surface area contributed by atoms with E-state index in [1.807, 2.05) is 12.1 Å². The van der Waals surface area contributed by atoms with E-state index in [0.717, 1.165) is 0 Å². The van der Waals surface area contributed by atoms with Crippen molar-refractivity contribution in [2.45, 2.75) is 9.79 Å². The fourth-order valence-corrected chi connectivity index (χ4v) is 4.33. The maximum absolute atomic E-state index is 11.2. The van der Waals surface area contributed by atoms with Gasteiger partial charge in [-0.2, -0.15) is 10.0 Å². The molecule has 0 aliphatic rings. The first-order valence-corrected chi connectivity index (χ1v) is 15.8. The van der Waals surface area contributed by atoms with Gasteiger partial charge in [-0.25, -0.2) is 0 Å². The summed E-state index contributed by atoms with van der Waals surface area (Å²) in [4.78, 5) is 2.65. The van der Waals surface area contributed by atoms with Gasteiger partial charge in [0.15, 0.2) is 0 Å². The van der Waals surface area contributed by atoms with Crippen molar-refractivity contribution in [2.75, 3.05) is 12.5 Å². The molecule has 0 radical (unpaired) electrons. The maximum atomic E-state index is 9.93. The number of benzene rings is 3. The quantitative estimate of drug-likeness (QED) is 0.279. The van der Waals surface area contributed by atoms with E-state index in [2.05, 4.69) is 55.0 Å². The molecule has 0 aliphatic heterocycles. The van der Waals surface area contributed by atoms with Crippen LogP contribution in [-0.4, -0.2) is 37.1 Å². The monoisotopic (exact) mass is 518 g/mol. The van der Waals surface area contributed by atoms with Gasteiger partial charge in [0.2, 0.25) is 0 Å². The minimum absolute atomic E-state index is 0. The molecule has 0 amide bonds. The van der Waals surface area contributed by atoms with Gasteiger partial charge in [-0.1, -0.05) is 30.3 Å². The number of hydrogen-bond donors (Lipinski definition) is 1. The number of halogens is 6. The van der Waals surface area contributed by atoms with E-state index in [1.165, 1.54) is 20.6 Å². The summed E-state index contributed by atoms with van der Waals surface area (Å²) in [6.07, 6.45) is 4.59. The minimum Gasteiger partial charge on any atom is 1.00 e. The van der Waals surface area contributed by atoms with Gasteiger partial charge in [0.1, 0.15) is 5.75 Å². The van der Waals surface area contributed by atoms with E-state index in [1.54, 1.807) is 12.1 Å². The molecule has 0 saturated heterocycles. The van der Waals surface area contributed by atoms with Crippen LogP contribution in [0, 0.1) is 0 Å². The van der Waals surface area contributed by atoms with Gasteiger partial charge >= 0.3 is 37.8 Å². The summed E-state index contributed by atoms with van der Waals surface area (Å²) in [7, 11) is -1.06. The molecular formula is C18H19F6OSSb. The molecule has 0 heterocycles. The van der Waals surface area contributed by atoms with Crippen LogP contribution in [0.15, 0.2) is 76.5 Å². The van der Waals surface area contributed by atoms with Gasteiger partial charge in [-0.3, -0.25) is 0 Å². The molecular weight excluding hydrogens is 500 g/mol. The summed E-state index contributed by atoms with van der Waals surface area (Å²) >= 11 is -11.2. The molecule has 9 heteroatoms. The topological polar surface area (TPSA) is 20.2 Å². The normalized spacial score (nSPS) is 15.3. The van der Waals surface area contributed by atoms with E-state index in [9.17, 15) is 22.0 Å². The van der Waals surface area contributed by atoms with Gasteiger partial charge in [-0.15, -0.1) is 0 Å². The van der Waals surface area contributed by atoms with E-state index in [-0.39, 0.29) is 1.43 Å². The van der Waals surface area contributed by atoms with E-state index in [4.69, 9.17) is 0 Å².